The molecule has 0 radical (unpaired) electrons. The average Bonchev–Trinajstić information content (AvgIpc) is 2.79. The first-order valence-corrected chi connectivity index (χ1v) is 12.5. The fourth-order valence-electron chi connectivity index (χ4n) is 3.10. The van der Waals surface area contributed by atoms with E-state index in [0.717, 1.165) is 14.3 Å². The van der Waals surface area contributed by atoms with Crippen LogP contribution in [0.25, 0.3) is 0 Å². The van der Waals surface area contributed by atoms with Gasteiger partial charge in [-0.2, -0.15) is 0 Å². The fourth-order valence-corrected chi connectivity index (χ4v) is 4.79. The van der Waals surface area contributed by atoms with E-state index in [1.165, 1.54) is 12.1 Å². The minimum absolute atomic E-state index is 0.103. The van der Waals surface area contributed by atoms with Crippen molar-refractivity contribution < 1.29 is 17.9 Å². The third-order valence-electron chi connectivity index (χ3n) is 4.70. The molecule has 3 aromatic rings. The van der Waals surface area contributed by atoms with Gasteiger partial charge >= 0.3 is 0 Å². The molecule has 1 N–H and O–H groups in total. The van der Waals surface area contributed by atoms with Gasteiger partial charge in [0.1, 0.15) is 12.3 Å². The predicted molar refractivity (Wildman–Crippen MR) is 129 cm³/mol. The number of amides is 1. The van der Waals surface area contributed by atoms with E-state index in [-0.39, 0.29) is 17.3 Å². The molecule has 0 aliphatic carbocycles. The molecular formula is C24H25BrN2O4S. The monoisotopic (exact) mass is 516 g/mol. The van der Waals surface area contributed by atoms with Gasteiger partial charge in [0.25, 0.3) is 10.0 Å². The summed E-state index contributed by atoms with van der Waals surface area (Å²) in [6.07, 6.45) is 0.662. The summed E-state index contributed by atoms with van der Waals surface area (Å²) in [5, 5.41) is 2.82. The van der Waals surface area contributed by atoms with Crippen LogP contribution in [0.3, 0.4) is 0 Å². The molecular weight excluding hydrogens is 492 g/mol. The highest BCUT2D eigenvalue weighted by Gasteiger charge is 2.27. The van der Waals surface area contributed by atoms with Gasteiger partial charge in [0.15, 0.2) is 0 Å². The van der Waals surface area contributed by atoms with Gasteiger partial charge in [-0.15, -0.1) is 0 Å². The predicted octanol–water partition coefficient (Wildman–Crippen LogP) is 4.40. The van der Waals surface area contributed by atoms with E-state index in [0.29, 0.717) is 31.0 Å². The van der Waals surface area contributed by atoms with Crippen LogP contribution < -0.4 is 14.4 Å². The molecule has 8 heteroatoms. The summed E-state index contributed by atoms with van der Waals surface area (Å²) in [5.41, 5.74) is 1.48. The van der Waals surface area contributed by atoms with Gasteiger partial charge in [-0.25, -0.2) is 8.42 Å². The molecule has 0 heterocycles. The molecule has 0 atom stereocenters. The molecule has 0 fully saturated rings. The van der Waals surface area contributed by atoms with Crippen LogP contribution in [-0.2, 0) is 21.2 Å². The normalized spacial score (nSPS) is 11.1. The Balaban J connectivity index is 1.79. The number of halogens is 1. The molecule has 0 saturated heterocycles. The molecule has 0 aliphatic rings. The van der Waals surface area contributed by atoms with Gasteiger partial charge in [0, 0.05) is 11.0 Å². The summed E-state index contributed by atoms with van der Waals surface area (Å²) in [6, 6.07) is 22.8. The Labute approximate surface area is 197 Å². The molecule has 0 spiro atoms. The number of nitrogens with zero attached hydrogens (tertiary/aromatic N) is 1. The van der Waals surface area contributed by atoms with E-state index in [9.17, 15) is 13.2 Å². The lowest BCUT2D eigenvalue weighted by Crippen LogP contribution is -2.41. The zero-order valence-electron chi connectivity index (χ0n) is 17.7. The van der Waals surface area contributed by atoms with Gasteiger partial charge < -0.3 is 10.1 Å². The van der Waals surface area contributed by atoms with E-state index in [2.05, 4.69) is 21.2 Å². The Bertz CT molecular complexity index is 1120. The second-order valence-corrected chi connectivity index (χ2v) is 9.76. The van der Waals surface area contributed by atoms with Crippen LogP contribution >= 0.6 is 15.9 Å². The number of carbonyl (C=O) groups excluding carboxylic acids is 1. The third-order valence-corrected chi connectivity index (χ3v) is 7.02. The van der Waals surface area contributed by atoms with Crippen molar-refractivity contribution in [2.45, 2.75) is 18.2 Å². The number of anilines is 1. The highest BCUT2D eigenvalue weighted by atomic mass is 79.9. The quantitative estimate of drug-likeness (QED) is 0.433. The molecule has 0 bridgehead atoms. The zero-order valence-corrected chi connectivity index (χ0v) is 20.1. The van der Waals surface area contributed by atoms with Crippen LogP contribution in [-0.4, -0.2) is 34.0 Å². The second kappa shape index (κ2) is 11.2. The van der Waals surface area contributed by atoms with Crippen LogP contribution in [0.15, 0.2) is 88.2 Å². The first-order chi connectivity index (χ1) is 15.4. The average molecular weight is 517 g/mol. The molecule has 3 rings (SSSR count). The molecule has 1 amide bonds. The smallest absolute Gasteiger partial charge is 0.264 e. The lowest BCUT2D eigenvalue weighted by molar-refractivity contribution is -0.119. The Morgan fingerprint density at radius 3 is 2.25 bits per heavy atom. The van der Waals surface area contributed by atoms with Gasteiger partial charge in [-0.3, -0.25) is 9.10 Å². The lowest BCUT2D eigenvalue weighted by atomic mass is 10.1. The number of hydrogen-bond acceptors (Lipinski definition) is 4. The summed E-state index contributed by atoms with van der Waals surface area (Å²) >= 11 is 3.32. The van der Waals surface area contributed by atoms with Crippen LogP contribution in [0.5, 0.6) is 5.75 Å². The van der Waals surface area contributed by atoms with Crippen LogP contribution in [0, 0.1) is 0 Å². The van der Waals surface area contributed by atoms with Gasteiger partial charge in [0.2, 0.25) is 5.91 Å². The SMILES string of the molecule is CCOc1ccc(N(CC(=O)NCCc2ccccc2)S(=O)(=O)c2ccc(Br)cc2)cc1. The fraction of sp³-hybridized carbons (Fsp3) is 0.208. The summed E-state index contributed by atoms with van der Waals surface area (Å²) in [7, 11) is -3.96. The van der Waals surface area contributed by atoms with E-state index >= 15 is 0 Å². The summed E-state index contributed by atoms with van der Waals surface area (Å²) in [4.78, 5) is 12.8. The first kappa shape index (κ1) is 23.8. The van der Waals surface area contributed by atoms with E-state index in [1.54, 1.807) is 36.4 Å². The summed E-state index contributed by atoms with van der Waals surface area (Å²) in [5.74, 6) is 0.250. The maximum atomic E-state index is 13.4. The van der Waals surface area contributed by atoms with Crippen LogP contribution in [0.1, 0.15) is 12.5 Å². The van der Waals surface area contributed by atoms with Gasteiger partial charge in [0.05, 0.1) is 17.2 Å². The maximum Gasteiger partial charge on any atom is 0.264 e. The first-order valence-electron chi connectivity index (χ1n) is 10.2. The Hall–Kier alpha value is -2.84. The van der Waals surface area contributed by atoms with Crippen LogP contribution in [0.4, 0.5) is 5.69 Å². The van der Waals surface area contributed by atoms with Crippen molar-refractivity contribution >= 4 is 37.5 Å². The van der Waals surface area contributed by atoms with Crippen molar-refractivity contribution in [2.75, 3.05) is 24.0 Å². The summed E-state index contributed by atoms with van der Waals surface area (Å²) in [6.45, 7) is 2.46. The van der Waals surface area contributed by atoms with Crippen molar-refractivity contribution in [2.24, 2.45) is 0 Å². The molecule has 0 saturated carbocycles. The Kier molecular flexibility index (Phi) is 8.30. The lowest BCUT2D eigenvalue weighted by Gasteiger charge is -2.24. The van der Waals surface area contributed by atoms with Gasteiger partial charge in [-0.05, 0) is 67.4 Å². The number of benzene rings is 3. The minimum atomic E-state index is -3.96. The van der Waals surface area contributed by atoms with Crippen molar-refractivity contribution in [1.29, 1.82) is 0 Å². The highest BCUT2D eigenvalue weighted by molar-refractivity contribution is 9.10. The van der Waals surface area contributed by atoms with E-state index in [1.807, 2.05) is 37.3 Å². The number of hydrogen-bond donors (Lipinski definition) is 1. The van der Waals surface area contributed by atoms with E-state index < -0.39 is 10.0 Å². The van der Waals surface area contributed by atoms with Crippen molar-refractivity contribution in [3.63, 3.8) is 0 Å². The second-order valence-electron chi connectivity index (χ2n) is 6.98. The number of rotatable bonds is 10. The zero-order chi connectivity index (χ0) is 23.0. The topological polar surface area (TPSA) is 75.7 Å². The Morgan fingerprint density at radius 2 is 1.62 bits per heavy atom. The molecule has 6 nitrogen and oxygen atoms in total. The molecule has 0 aromatic heterocycles. The minimum Gasteiger partial charge on any atom is -0.494 e. The molecule has 3 aromatic carbocycles. The maximum absolute atomic E-state index is 13.4. The van der Waals surface area contributed by atoms with Crippen LogP contribution in [0.2, 0.25) is 0 Å². The largest absolute Gasteiger partial charge is 0.494 e. The highest BCUT2D eigenvalue weighted by Crippen LogP contribution is 2.26. The number of ether oxygens (including phenoxy) is 1. The standard InChI is InChI=1S/C24H25BrN2O4S/c1-2-31-22-12-10-21(11-13-22)27(32(29,30)23-14-8-20(25)9-15-23)18-24(28)26-17-16-19-6-4-3-5-7-19/h3-15H,2,16-18H2,1H3,(H,26,28). The molecule has 0 unspecified atom stereocenters. The number of nitrogens with one attached hydrogen (secondary N) is 1. The van der Waals surface area contributed by atoms with Crippen molar-refractivity contribution in [3.8, 4) is 5.75 Å². The molecule has 0 aliphatic heterocycles. The molecule has 168 valence electrons. The Morgan fingerprint density at radius 1 is 0.969 bits per heavy atom. The van der Waals surface area contributed by atoms with Gasteiger partial charge in [-0.1, -0.05) is 46.3 Å². The number of sulfonamides is 1. The van der Waals surface area contributed by atoms with E-state index in [4.69, 9.17) is 4.74 Å². The third kappa shape index (κ3) is 6.34. The van der Waals surface area contributed by atoms with Crippen molar-refractivity contribution in [1.82, 2.24) is 5.32 Å². The van der Waals surface area contributed by atoms with Crippen molar-refractivity contribution in [3.05, 3.63) is 88.9 Å². The number of carbonyl (C=O) groups is 1. The molecule has 32 heavy (non-hydrogen) atoms. The summed E-state index contributed by atoms with van der Waals surface area (Å²) < 4.78 is 34.1.